The Balaban J connectivity index is 1.41. The third-order valence-corrected chi connectivity index (χ3v) is 7.31. The molecule has 1 atom stereocenters. The average Bonchev–Trinajstić information content (AvgIpc) is 3.32. The van der Waals surface area contributed by atoms with Crippen LogP contribution in [0.2, 0.25) is 0 Å². The molecule has 7 heteroatoms. The Kier molecular flexibility index (Phi) is 4.76. The number of anilines is 1. The number of nitrogens with one attached hydrogen (secondary N) is 2. The molecule has 0 saturated carbocycles. The SMILES string of the molecule is CC(C)N1CCc2c(sc3c2C(=O)N[C@H](c2ccc(-c4ccc(Br)cc4)o2)N3)C1. The molecule has 150 valence electrons. The summed E-state index contributed by atoms with van der Waals surface area (Å²) in [6.45, 7) is 6.36. The molecule has 1 aromatic carbocycles. The molecule has 3 aromatic rings. The van der Waals surface area contributed by atoms with E-state index >= 15 is 0 Å². The Bertz CT molecular complexity index is 1070. The third kappa shape index (κ3) is 3.41. The number of thiophene rings is 1. The van der Waals surface area contributed by atoms with E-state index in [2.05, 4.69) is 45.3 Å². The van der Waals surface area contributed by atoms with Gasteiger partial charge in [0.05, 0.1) is 5.56 Å². The Hall–Kier alpha value is -2.09. The number of carbonyl (C=O) groups excluding carboxylic acids is 1. The summed E-state index contributed by atoms with van der Waals surface area (Å²) in [7, 11) is 0. The van der Waals surface area contributed by atoms with Crippen molar-refractivity contribution in [2.75, 3.05) is 11.9 Å². The standard InChI is InChI=1S/C22H22BrN3O2S/c1-12(2)26-10-9-15-18(11-26)29-22-19(15)21(27)24-20(25-22)17-8-7-16(28-17)13-3-5-14(23)6-4-13/h3-8,12,20,25H,9-11H2,1-2H3,(H,24,27)/t20-/m0/s1. The summed E-state index contributed by atoms with van der Waals surface area (Å²) < 4.78 is 7.09. The van der Waals surface area contributed by atoms with Crippen LogP contribution in [0.15, 0.2) is 45.3 Å². The summed E-state index contributed by atoms with van der Waals surface area (Å²) in [5.41, 5.74) is 3.03. The third-order valence-electron chi connectivity index (χ3n) is 5.63. The van der Waals surface area contributed by atoms with Crippen molar-refractivity contribution in [3.63, 3.8) is 0 Å². The smallest absolute Gasteiger partial charge is 0.256 e. The highest BCUT2D eigenvalue weighted by molar-refractivity contribution is 9.10. The maximum absolute atomic E-state index is 12.9. The maximum atomic E-state index is 12.9. The lowest BCUT2D eigenvalue weighted by Gasteiger charge is -2.30. The van der Waals surface area contributed by atoms with Crippen LogP contribution in [0, 0.1) is 0 Å². The Labute approximate surface area is 182 Å². The molecule has 1 amide bonds. The lowest BCUT2D eigenvalue weighted by atomic mass is 10.0. The number of benzene rings is 1. The molecule has 0 radical (unpaired) electrons. The number of nitrogens with zero attached hydrogens (tertiary/aromatic N) is 1. The molecule has 0 spiro atoms. The fraction of sp³-hybridized carbons (Fsp3) is 0.318. The number of rotatable bonds is 3. The van der Waals surface area contributed by atoms with Gasteiger partial charge in [0.2, 0.25) is 0 Å². The molecule has 2 aliphatic rings. The van der Waals surface area contributed by atoms with Crippen LogP contribution < -0.4 is 10.6 Å². The zero-order valence-electron chi connectivity index (χ0n) is 16.3. The van der Waals surface area contributed by atoms with Gasteiger partial charge < -0.3 is 15.1 Å². The highest BCUT2D eigenvalue weighted by atomic mass is 79.9. The van der Waals surface area contributed by atoms with E-state index in [0.29, 0.717) is 11.8 Å². The number of amides is 1. The summed E-state index contributed by atoms with van der Waals surface area (Å²) in [6, 6.07) is 12.4. The van der Waals surface area contributed by atoms with Gasteiger partial charge in [-0.25, -0.2) is 0 Å². The van der Waals surface area contributed by atoms with Crippen molar-refractivity contribution in [2.45, 2.75) is 39.0 Å². The fourth-order valence-corrected chi connectivity index (χ4v) is 5.56. The summed E-state index contributed by atoms with van der Waals surface area (Å²) in [4.78, 5) is 16.7. The van der Waals surface area contributed by atoms with E-state index in [1.165, 1.54) is 10.4 Å². The molecule has 4 heterocycles. The highest BCUT2D eigenvalue weighted by Gasteiger charge is 2.34. The number of hydrogen-bond donors (Lipinski definition) is 2. The molecule has 5 nitrogen and oxygen atoms in total. The van der Waals surface area contributed by atoms with E-state index in [-0.39, 0.29) is 12.1 Å². The van der Waals surface area contributed by atoms with Crippen LogP contribution in [0.1, 0.15) is 46.6 Å². The van der Waals surface area contributed by atoms with Crippen molar-refractivity contribution in [3.05, 3.63) is 62.6 Å². The van der Waals surface area contributed by atoms with Gasteiger partial charge >= 0.3 is 0 Å². The van der Waals surface area contributed by atoms with Crippen molar-refractivity contribution < 1.29 is 9.21 Å². The lowest BCUT2D eigenvalue weighted by molar-refractivity contribution is 0.0930. The zero-order chi connectivity index (χ0) is 20.1. The second-order valence-electron chi connectivity index (χ2n) is 7.78. The van der Waals surface area contributed by atoms with Crippen molar-refractivity contribution in [2.24, 2.45) is 0 Å². The monoisotopic (exact) mass is 471 g/mol. The number of hydrogen-bond acceptors (Lipinski definition) is 5. The van der Waals surface area contributed by atoms with Gasteiger partial charge in [0.25, 0.3) is 5.91 Å². The molecule has 0 bridgehead atoms. The van der Waals surface area contributed by atoms with Gasteiger partial charge in [-0.15, -0.1) is 11.3 Å². The van der Waals surface area contributed by atoms with Gasteiger partial charge in [0.1, 0.15) is 16.5 Å². The van der Waals surface area contributed by atoms with Crippen LogP contribution in [-0.4, -0.2) is 23.4 Å². The molecule has 2 N–H and O–H groups in total. The molecule has 29 heavy (non-hydrogen) atoms. The Morgan fingerprint density at radius 3 is 2.72 bits per heavy atom. The van der Waals surface area contributed by atoms with Crippen molar-refractivity contribution >= 4 is 38.2 Å². The summed E-state index contributed by atoms with van der Waals surface area (Å²) in [5.74, 6) is 1.48. The molecule has 0 fully saturated rings. The van der Waals surface area contributed by atoms with Crippen molar-refractivity contribution in [3.8, 4) is 11.3 Å². The second kappa shape index (κ2) is 7.31. The van der Waals surface area contributed by atoms with Crippen LogP contribution in [0.4, 0.5) is 5.00 Å². The van der Waals surface area contributed by atoms with Gasteiger partial charge in [-0.1, -0.05) is 28.1 Å². The first-order valence-electron chi connectivity index (χ1n) is 9.81. The first kappa shape index (κ1) is 18.9. The summed E-state index contributed by atoms with van der Waals surface area (Å²) in [6.07, 6.45) is 0.564. The van der Waals surface area contributed by atoms with E-state index in [9.17, 15) is 4.79 Å². The summed E-state index contributed by atoms with van der Waals surface area (Å²) >= 11 is 5.16. The maximum Gasteiger partial charge on any atom is 0.256 e. The molecule has 5 rings (SSSR count). The largest absolute Gasteiger partial charge is 0.457 e. The predicted molar refractivity (Wildman–Crippen MR) is 119 cm³/mol. The highest BCUT2D eigenvalue weighted by Crippen LogP contribution is 2.41. The lowest BCUT2D eigenvalue weighted by Crippen LogP contribution is -2.39. The molecule has 2 aliphatic heterocycles. The minimum atomic E-state index is -0.361. The number of halogens is 1. The molecule has 0 saturated heterocycles. The van der Waals surface area contributed by atoms with Crippen LogP contribution >= 0.6 is 27.3 Å². The molecular formula is C22H22BrN3O2S. The molecule has 2 aromatic heterocycles. The van der Waals surface area contributed by atoms with Gasteiger partial charge in [0.15, 0.2) is 6.17 Å². The molecular weight excluding hydrogens is 450 g/mol. The number of fused-ring (bicyclic) bond motifs is 3. The summed E-state index contributed by atoms with van der Waals surface area (Å²) in [5, 5.41) is 7.51. The van der Waals surface area contributed by atoms with Crippen LogP contribution in [0.25, 0.3) is 11.3 Å². The van der Waals surface area contributed by atoms with E-state index in [4.69, 9.17) is 4.42 Å². The van der Waals surface area contributed by atoms with Gasteiger partial charge in [-0.3, -0.25) is 9.69 Å². The molecule has 0 unspecified atom stereocenters. The van der Waals surface area contributed by atoms with Crippen LogP contribution in [-0.2, 0) is 13.0 Å². The van der Waals surface area contributed by atoms with Crippen molar-refractivity contribution in [1.82, 2.24) is 10.2 Å². The van der Waals surface area contributed by atoms with Gasteiger partial charge in [-0.05, 0) is 50.1 Å². The topological polar surface area (TPSA) is 57.5 Å². The number of carbonyl (C=O) groups is 1. The number of furan rings is 1. The van der Waals surface area contributed by atoms with E-state index < -0.39 is 0 Å². The average molecular weight is 472 g/mol. The fourth-order valence-electron chi connectivity index (χ4n) is 4.00. The van der Waals surface area contributed by atoms with Crippen LogP contribution in [0.3, 0.4) is 0 Å². The predicted octanol–water partition coefficient (Wildman–Crippen LogP) is 5.39. The zero-order valence-corrected chi connectivity index (χ0v) is 18.7. The van der Waals surface area contributed by atoms with Crippen molar-refractivity contribution in [1.29, 1.82) is 0 Å². The van der Waals surface area contributed by atoms with E-state index in [0.717, 1.165) is 45.9 Å². The Morgan fingerprint density at radius 2 is 1.97 bits per heavy atom. The Morgan fingerprint density at radius 1 is 1.17 bits per heavy atom. The first-order chi connectivity index (χ1) is 14.0. The van der Waals surface area contributed by atoms with E-state index in [1.807, 2.05) is 36.4 Å². The van der Waals surface area contributed by atoms with Gasteiger partial charge in [-0.2, -0.15) is 0 Å². The minimum Gasteiger partial charge on any atom is -0.457 e. The quantitative estimate of drug-likeness (QED) is 0.537. The first-order valence-corrected chi connectivity index (χ1v) is 11.4. The van der Waals surface area contributed by atoms with Crippen LogP contribution in [0.5, 0.6) is 0 Å². The second-order valence-corrected chi connectivity index (χ2v) is 9.80. The molecule has 0 aliphatic carbocycles. The minimum absolute atomic E-state index is 0.0131. The normalized spacial score (nSPS) is 18.9. The van der Waals surface area contributed by atoms with Gasteiger partial charge in [0, 0.05) is 34.0 Å². The van der Waals surface area contributed by atoms with E-state index in [1.54, 1.807) is 11.3 Å².